The summed E-state index contributed by atoms with van der Waals surface area (Å²) in [5.41, 5.74) is 5.07. The number of piperazine rings is 1. The lowest BCUT2D eigenvalue weighted by Gasteiger charge is -2.41. The van der Waals surface area contributed by atoms with Crippen LogP contribution in [-0.4, -0.2) is 70.6 Å². The molecule has 8 nitrogen and oxygen atoms in total. The molecule has 0 aliphatic carbocycles. The summed E-state index contributed by atoms with van der Waals surface area (Å²) in [4.78, 5) is 30.4. The van der Waals surface area contributed by atoms with Gasteiger partial charge in [-0.05, 0) is 13.8 Å². The molecule has 1 fully saturated rings. The van der Waals surface area contributed by atoms with Gasteiger partial charge in [0.25, 0.3) is 0 Å². The highest BCUT2D eigenvalue weighted by atomic mass is 19.4. The Bertz CT molecular complexity index is 454. The van der Waals surface area contributed by atoms with Crippen molar-refractivity contribution in [3.8, 4) is 0 Å². The van der Waals surface area contributed by atoms with Crippen molar-refractivity contribution in [3.05, 3.63) is 0 Å². The molecule has 0 saturated carbocycles. The summed E-state index contributed by atoms with van der Waals surface area (Å²) in [6.07, 6.45) is -10.2. The number of hydrogen-bond acceptors (Lipinski definition) is 4. The first-order valence-corrected chi connectivity index (χ1v) is 6.31. The van der Waals surface area contributed by atoms with Crippen LogP contribution in [0.1, 0.15) is 13.8 Å². The number of rotatable bonds is 0. The van der Waals surface area contributed by atoms with Crippen molar-refractivity contribution in [2.75, 3.05) is 19.6 Å². The predicted octanol–water partition coefficient (Wildman–Crippen LogP) is 1.02. The van der Waals surface area contributed by atoms with E-state index in [0.717, 1.165) is 13.1 Å². The smallest absolute Gasteiger partial charge is 0.475 e. The van der Waals surface area contributed by atoms with Gasteiger partial charge in [-0.1, -0.05) is 0 Å². The summed E-state index contributed by atoms with van der Waals surface area (Å²) in [7, 11) is 0. The third-order valence-corrected chi connectivity index (χ3v) is 2.55. The molecular weight excluding hydrogens is 368 g/mol. The first-order chi connectivity index (χ1) is 10.9. The van der Waals surface area contributed by atoms with Gasteiger partial charge in [0.1, 0.15) is 0 Å². The SMILES string of the molecule is CC1(C)CNCCN1C(N)=O.O=C(O)C(F)(F)F.O=C(O)C(F)(F)F. The molecule has 0 aromatic heterocycles. The number of hydrogen-bond donors (Lipinski definition) is 4. The Morgan fingerprint density at radius 3 is 1.48 bits per heavy atom. The van der Waals surface area contributed by atoms with E-state index < -0.39 is 24.3 Å². The van der Waals surface area contributed by atoms with Gasteiger partial charge >= 0.3 is 30.3 Å². The van der Waals surface area contributed by atoms with Gasteiger partial charge in [0.15, 0.2) is 0 Å². The quantitative estimate of drug-likeness (QED) is 0.460. The second-order valence-electron chi connectivity index (χ2n) is 5.08. The fourth-order valence-corrected chi connectivity index (χ4v) is 1.39. The first kappa shape index (κ1) is 25.0. The highest BCUT2D eigenvalue weighted by Gasteiger charge is 2.38. The van der Waals surface area contributed by atoms with Crippen LogP contribution in [0.4, 0.5) is 31.1 Å². The molecule has 1 aliphatic heterocycles. The standard InChI is InChI=1S/C7H15N3O.2C2HF3O2/c1-7(2)5-9-3-4-10(7)6(8)11;2*3-2(4,5)1(6)7/h9H,3-5H2,1-2H3,(H2,8,11);2*(H,6,7). The van der Waals surface area contributed by atoms with Gasteiger partial charge in [0, 0.05) is 19.6 Å². The summed E-state index contributed by atoms with van der Waals surface area (Å²) in [6, 6.07) is -0.323. The molecule has 0 aromatic carbocycles. The average molecular weight is 385 g/mol. The number of alkyl halides is 6. The molecule has 0 unspecified atom stereocenters. The number of carbonyl (C=O) groups is 3. The van der Waals surface area contributed by atoms with E-state index >= 15 is 0 Å². The number of amides is 2. The molecule has 25 heavy (non-hydrogen) atoms. The lowest BCUT2D eigenvalue weighted by molar-refractivity contribution is -0.193. The summed E-state index contributed by atoms with van der Waals surface area (Å²) in [5.74, 6) is -5.51. The highest BCUT2D eigenvalue weighted by molar-refractivity contribution is 5.73. The fraction of sp³-hybridized carbons (Fsp3) is 0.727. The number of carboxylic acid groups (broad SMARTS) is 2. The molecule has 1 saturated heterocycles. The molecule has 14 heteroatoms. The predicted molar refractivity (Wildman–Crippen MR) is 70.6 cm³/mol. The molecule has 148 valence electrons. The average Bonchev–Trinajstić information content (AvgIpc) is 2.36. The van der Waals surface area contributed by atoms with E-state index in [4.69, 9.17) is 25.5 Å². The zero-order valence-electron chi connectivity index (χ0n) is 13.0. The van der Waals surface area contributed by atoms with E-state index in [0.29, 0.717) is 6.54 Å². The number of carboxylic acids is 2. The Hall–Kier alpha value is -2.25. The third-order valence-electron chi connectivity index (χ3n) is 2.55. The Kier molecular flexibility index (Phi) is 9.29. The number of nitrogens with zero attached hydrogens (tertiary/aromatic N) is 1. The van der Waals surface area contributed by atoms with Crippen molar-refractivity contribution in [3.63, 3.8) is 0 Å². The molecular formula is C11H17F6N3O5. The van der Waals surface area contributed by atoms with Crippen molar-refractivity contribution >= 4 is 18.0 Å². The molecule has 0 aromatic rings. The van der Waals surface area contributed by atoms with Crippen LogP contribution in [0.2, 0.25) is 0 Å². The molecule has 2 amide bonds. The number of urea groups is 1. The molecule has 1 aliphatic rings. The number of halogens is 6. The lowest BCUT2D eigenvalue weighted by atomic mass is 10.0. The van der Waals surface area contributed by atoms with Crippen molar-refractivity contribution in [2.24, 2.45) is 5.73 Å². The Morgan fingerprint density at radius 2 is 1.32 bits per heavy atom. The Labute approximate surface area is 137 Å². The van der Waals surface area contributed by atoms with Gasteiger partial charge in [-0.3, -0.25) is 0 Å². The van der Waals surface area contributed by atoms with E-state index in [1.807, 2.05) is 13.8 Å². The van der Waals surface area contributed by atoms with Gasteiger partial charge in [-0.15, -0.1) is 0 Å². The minimum atomic E-state index is -5.08. The maximum absolute atomic E-state index is 10.9. The minimum absolute atomic E-state index is 0.135. The van der Waals surface area contributed by atoms with E-state index in [-0.39, 0.29) is 11.6 Å². The number of nitrogens with one attached hydrogen (secondary N) is 1. The fourth-order valence-electron chi connectivity index (χ4n) is 1.39. The second-order valence-corrected chi connectivity index (χ2v) is 5.08. The van der Waals surface area contributed by atoms with Crippen LogP contribution >= 0.6 is 0 Å². The summed E-state index contributed by atoms with van der Waals surface area (Å²) >= 11 is 0. The second kappa shape index (κ2) is 9.29. The van der Waals surface area contributed by atoms with Crippen molar-refractivity contribution in [2.45, 2.75) is 31.7 Å². The first-order valence-electron chi connectivity index (χ1n) is 6.31. The van der Waals surface area contributed by atoms with Gasteiger partial charge in [0.05, 0.1) is 5.54 Å². The maximum atomic E-state index is 10.9. The molecule has 5 N–H and O–H groups in total. The number of aliphatic carboxylic acids is 2. The normalized spacial score (nSPS) is 16.6. The minimum Gasteiger partial charge on any atom is -0.475 e. The summed E-state index contributed by atoms with van der Waals surface area (Å²) in [5, 5.41) is 17.5. The van der Waals surface area contributed by atoms with Crippen LogP contribution in [0, 0.1) is 0 Å². The zero-order chi connectivity index (χ0) is 20.6. The maximum Gasteiger partial charge on any atom is 0.490 e. The van der Waals surface area contributed by atoms with Crippen LogP contribution in [0.15, 0.2) is 0 Å². The van der Waals surface area contributed by atoms with Gasteiger partial charge in [0.2, 0.25) is 0 Å². The van der Waals surface area contributed by atoms with Crippen LogP contribution in [-0.2, 0) is 9.59 Å². The number of nitrogens with two attached hydrogens (primary N) is 1. The lowest BCUT2D eigenvalue weighted by Crippen LogP contribution is -2.61. The summed E-state index contributed by atoms with van der Waals surface area (Å²) < 4.78 is 63.5. The van der Waals surface area contributed by atoms with Crippen LogP contribution in [0.3, 0.4) is 0 Å². The largest absolute Gasteiger partial charge is 0.490 e. The zero-order valence-corrected chi connectivity index (χ0v) is 13.0. The molecule has 1 rings (SSSR count). The van der Waals surface area contributed by atoms with Crippen LogP contribution in [0.5, 0.6) is 0 Å². The molecule has 0 radical (unpaired) electrons. The van der Waals surface area contributed by atoms with E-state index in [2.05, 4.69) is 5.32 Å². The van der Waals surface area contributed by atoms with Crippen molar-refractivity contribution < 1.29 is 50.9 Å². The molecule has 1 heterocycles. The monoisotopic (exact) mass is 385 g/mol. The molecule has 0 atom stereocenters. The van der Waals surface area contributed by atoms with Gasteiger partial charge in [-0.2, -0.15) is 26.3 Å². The third kappa shape index (κ3) is 11.0. The highest BCUT2D eigenvalue weighted by Crippen LogP contribution is 2.15. The Morgan fingerprint density at radius 1 is 1.00 bits per heavy atom. The summed E-state index contributed by atoms with van der Waals surface area (Å²) in [6.45, 7) is 6.37. The van der Waals surface area contributed by atoms with Crippen LogP contribution in [0.25, 0.3) is 0 Å². The van der Waals surface area contributed by atoms with Crippen molar-refractivity contribution in [1.82, 2.24) is 10.2 Å². The van der Waals surface area contributed by atoms with E-state index in [1.54, 1.807) is 4.90 Å². The van der Waals surface area contributed by atoms with Gasteiger partial charge < -0.3 is 26.2 Å². The van der Waals surface area contributed by atoms with Crippen LogP contribution < -0.4 is 11.1 Å². The van der Waals surface area contributed by atoms with E-state index in [9.17, 15) is 31.1 Å². The van der Waals surface area contributed by atoms with Gasteiger partial charge in [-0.25, -0.2) is 14.4 Å². The molecule has 0 spiro atoms. The van der Waals surface area contributed by atoms with E-state index in [1.165, 1.54) is 0 Å². The Balaban J connectivity index is 0. The number of primary amides is 1. The van der Waals surface area contributed by atoms with Crippen molar-refractivity contribution in [1.29, 1.82) is 0 Å². The molecule has 0 bridgehead atoms. The topological polar surface area (TPSA) is 133 Å². The number of carbonyl (C=O) groups excluding carboxylic acids is 1.